The molecule has 3 atom stereocenters. The second kappa shape index (κ2) is 12.4. The third-order valence-corrected chi connectivity index (χ3v) is 12.0. The van der Waals surface area contributed by atoms with E-state index < -0.39 is 0 Å². The van der Waals surface area contributed by atoms with Crippen LogP contribution in [0.4, 0.5) is 14.9 Å². The number of hydrogen-bond donors (Lipinski definition) is 2. The number of piperidine rings is 2. The quantitative estimate of drug-likeness (QED) is 0.197. The number of urea groups is 1. The highest BCUT2D eigenvalue weighted by Gasteiger charge is 2.47. The van der Waals surface area contributed by atoms with Crippen molar-refractivity contribution in [2.24, 2.45) is 24.6 Å². The fourth-order valence-electron chi connectivity index (χ4n) is 9.01. The van der Waals surface area contributed by atoms with Crippen molar-refractivity contribution < 1.29 is 18.7 Å². The Morgan fingerprint density at radius 2 is 1.76 bits per heavy atom. The number of rotatable bonds is 7. The number of carbonyl (C=O) groups excluding carboxylic acids is 2. The number of imidazole rings is 1. The number of halogens is 1. The van der Waals surface area contributed by atoms with Gasteiger partial charge in [0.25, 0.3) is 5.91 Å². The van der Waals surface area contributed by atoms with E-state index in [1.807, 2.05) is 29.0 Å². The van der Waals surface area contributed by atoms with E-state index in [9.17, 15) is 14.0 Å². The van der Waals surface area contributed by atoms with Crippen molar-refractivity contribution in [3.05, 3.63) is 77.6 Å². The van der Waals surface area contributed by atoms with E-state index in [2.05, 4.69) is 38.7 Å². The number of likely N-dealkylation sites (tertiary alicyclic amines) is 2. The zero-order chi connectivity index (χ0) is 35.0. The number of methoxy groups -OCH3 is 1. The van der Waals surface area contributed by atoms with Crippen LogP contribution in [-0.4, -0.2) is 74.7 Å². The summed E-state index contributed by atoms with van der Waals surface area (Å²) in [6.07, 6.45) is 6.18. The summed E-state index contributed by atoms with van der Waals surface area (Å²) in [5.41, 5.74) is 12.8. The number of aryl methyl sites for hydroxylation is 1. The second-order valence-corrected chi connectivity index (χ2v) is 15.0. The van der Waals surface area contributed by atoms with E-state index >= 15 is 0 Å². The summed E-state index contributed by atoms with van der Waals surface area (Å²) in [5.74, 6) is 2.44. The number of fused-ring (bicyclic) bond motifs is 4. The second-order valence-electron chi connectivity index (χ2n) is 15.0. The van der Waals surface area contributed by atoms with E-state index in [1.165, 1.54) is 41.4 Å². The third-order valence-electron chi connectivity index (χ3n) is 12.0. The predicted octanol–water partition coefficient (Wildman–Crippen LogP) is 6.73. The lowest BCUT2D eigenvalue weighted by molar-refractivity contribution is 0.0700. The number of para-hydroxylation sites is 1. The van der Waals surface area contributed by atoms with Crippen molar-refractivity contribution in [1.29, 1.82) is 0 Å². The smallest absolute Gasteiger partial charge is 0.321 e. The maximum absolute atomic E-state index is 13.8. The lowest BCUT2D eigenvalue weighted by atomic mass is 9.88. The Bertz CT molecular complexity index is 2160. The van der Waals surface area contributed by atoms with Crippen LogP contribution in [0, 0.1) is 17.7 Å². The first-order chi connectivity index (χ1) is 24.8. The number of aromatic nitrogens is 3. The van der Waals surface area contributed by atoms with E-state index in [0.29, 0.717) is 54.4 Å². The molecule has 2 saturated heterocycles. The van der Waals surface area contributed by atoms with Gasteiger partial charge in [-0.3, -0.25) is 4.79 Å². The molecule has 0 radical (unpaired) electrons. The standard InChI is InChI=1S/C40H44FN7O3/c1-45-37-31(18-27(20-34(37)51-2)39(49)48-22-26-8-13-32(48)35(26)42)44-38(45)33-19-25-4-3-5-30(36(25)47(33)21-23-6-7-23)24-14-16-46(17-15-24)40(50)43-29-11-9-28(41)10-12-29/h3-5,9-12,18-20,23-24,26,32,35H,6-8,13-17,21-22,42H2,1-2H3,(H,43,50)/t26-,32-,35-/m1/s1. The van der Waals surface area contributed by atoms with Gasteiger partial charge in [0.1, 0.15) is 17.1 Å². The summed E-state index contributed by atoms with van der Waals surface area (Å²) < 4.78 is 23.8. The minimum Gasteiger partial charge on any atom is -0.494 e. The summed E-state index contributed by atoms with van der Waals surface area (Å²) in [6, 6.07) is 18.5. The first-order valence-corrected chi connectivity index (χ1v) is 18.3. The molecule has 4 aliphatic rings. The molecule has 2 saturated carbocycles. The van der Waals surface area contributed by atoms with Crippen LogP contribution in [0.2, 0.25) is 0 Å². The van der Waals surface area contributed by atoms with Crippen LogP contribution in [0.3, 0.4) is 0 Å². The number of nitrogens with zero attached hydrogens (tertiary/aromatic N) is 5. The van der Waals surface area contributed by atoms with Crippen molar-refractivity contribution >= 4 is 39.6 Å². The average Bonchev–Trinajstić information content (AvgIpc) is 3.53. The Hall–Kier alpha value is -4.90. The number of benzene rings is 3. The fourth-order valence-corrected chi connectivity index (χ4v) is 9.01. The Morgan fingerprint density at radius 3 is 2.45 bits per heavy atom. The molecule has 51 heavy (non-hydrogen) atoms. The minimum absolute atomic E-state index is 0.00322. The SMILES string of the molecule is COc1cc(C(=O)N2C[C@H]3CC[C@@H]2[C@@H]3N)cc2nc(-c3cc4cccc(C5CCN(C(=O)Nc6ccc(F)cc6)CC5)c4n3CC3CC3)n(C)c12. The summed E-state index contributed by atoms with van der Waals surface area (Å²) in [5, 5.41) is 4.09. The van der Waals surface area contributed by atoms with Crippen LogP contribution in [-0.2, 0) is 13.6 Å². The lowest BCUT2D eigenvalue weighted by Crippen LogP contribution is -2.41. The molecule has 2 bridgehead atoms. The molecular formula is C40H44FN7O3. The molecular weight excluding hydrogens is 645 g/mol. The molecule has 2 aliphatic heterocycles. The van der Waals surface area contributed by atoms with Gasteiger partial charge in [0.05, 0.1) is 23.8 Å². The molecule has 0 unspecified atom stereocenters. The fraction of sp³-hybridized carbons (Fsp3) is 0.425. The van der Waals surface area contributed by atoms with Gasteiger partial charge in [-0.15, -0.1) is 0 Å². The molecule has 2 aliphatic carbocycles. The first-order valence-electron chi connectivity index (χ1n) is 18.3. The normalized spacial score (nSPS) is 22.0. The van der Waals surface area contributed by atoms with Crippen molar-refractivity contribution in [2.45, 2.75) is 63.1 Å². The number of hydrogen-bond acceptors (Lipinski definition) is 5. The number of nitrogens with one attached hydrogen (secondary N) is 1. The highest BCUT2D eigenvalue weighted by Crippen LogP contribution is 2.42. The monoisotopic (exact) mass is 689 g/mol. The maximum Gasteiger partial charge on any atom is 0.321 e. The van der Waals surface area contributed by atoms with E-state index in [0.717, 1.165) is 54.8 Å². The van der Waals surface area contributed by atoms with Crippen LogP contribution in [0.15, 0.2) is 60.7 Å². The van der Waals surface area contributed by atoms with Gasteiger partial charge in [0.15, 0.2) is 5.82 Å². The van der Waals surface area contributed by atoms with Crippen molar-refractivity contribution in [2.75, 3.05) is 32.1 Å². The van der Waals surface area contributed by atoms with E-state index in [-0.39, 0.29) is 29.8 Å². The van der Waals surface area contributed by atoms with Gasteiger partial charge in [0, 0.05) is 61.9 Å². The summed E-state index contributed by atoms with van der Waals surface area (Å²) in [7, 11) is 3.68. The van der Waals surface area contributed by atoms with Crippen molar-refractivity contribution in [3.8, 4) is 17.3 Å². The van der Waals surface area contributed by atoms with Gasteiger partial charge in [-0.2, -0.15) is 0 Å². The number of ether oxygens (including phenoxy) is 1. The van der Waals surface area contributed by atoms with Crippen molar-refractivity contribution in [3.63, 3.8) is 0 Å². The van der Waals surface area contributed by atoms with Crippen LogP contribution in [0.25, 0.3) is 33.5 Å². The van der Waals surface area contributed by atoms with Gasteiger partial charge in [-0.25, -0.2) is 14.2 Å². The topological polar surface area (TPSA) is 111 Å². The molecule has 264 valence electrons. The Kier molecular flexibility index (Phi) is 7.79. The molecule has 0 spiro atoms. The molecule has 3 N–H and O–H groups in total. The molecule has 5 aromatic rings. The summed E-state index contributed by atoms with van der Waals surface area (Å²) >= 11 is 0. The molecule has 3 aromatic carbocycles. The van der Waals surface area contributed by atoms with Gasteiger partial charge in [0.2, 0.25) is 0 Å². The highest BCUT2D eigenvalue weighted by atomic mass is 19.1. The number of amides is 3. The summed E-state index contributed by atoms with van der Waals surface area (Å²) in [6.45, 7) is 2.90. The van der Waals surface area contributed by atoms with Crippen molar-refractivity contribution in [1.82, 2.24) is 23.9 Å². The Labute approximate surface area is 296 Å². The van der Waals surface area contributed by atoms with E-state index in [4.69, 9.17) is 15.5 Å². The first kappa shape index (κ1) is 32.0. The zero-order valence-electron chi connectivity index (χ0n) is 29.1. The molecule has 4 fully saturated rings. The predicted molar refractivity (Wildman–Crippen MR) is 195 cm³/mol. The van der Waals surface area contributed by atoms with Crippen LogP contribution in [0.5, 0.6) is 5.75 Å². The van der Waals surface area contributed by atoms with E-state index in [1.54, 1.807) is 19.2 Å². The largest absolute Gasteiger partial charge is 0.494 e. The third kappa shape index (κ3) is 5.53. The number of carbonyl (C=O) groups is 2. The van der Waals surface area contributed by atoms with Crippen LogP contribution < -0.4 is 15.8 Å². The Morgan fingerprint density at radius 1 is 0.980 bits per heavy atom. The molecule has 3 amide bonds. The number of anilines is 1. The van der Waals surface area contributed by atoms with Gasteiger partial charge >= 0.3 is 6.03 Å². The van der Waals surface area contributed by atoms with Gasteiger partial charge < -0.3 is 34.7 Å². The Balaban J connectivity index is 1.04. The average molecular weight is 690 g/mol. The van der Waals surface area contributed by atoms with Crippen LogP contribution >= 0.6 is 0 Å². The molecule has 9 rings (SSSR count). The van der Waals surface area contributed by atoms with Gasteiger partial charge in [-0.1, -0.05) is 18.2 Å². The van der Waals surface area contributed by atoms with Gasteiger partial charge in [-0.05, 0) is 104 Å². The lowest BCUT2D eigenvalue weighted by Gasteiger charge is -2.32. The molecule has 2 aromatic heterocycles. The zero-order valence-corrected chi connectivity index (χ0v) is 29.1. The minimum atomic E-state index is -0.329. The maximum atomic E-state index is 13.8. The molecule has 4 heterocycles. The highest BCUT2D eigenvalue weighted by molar-refractivity contribution is 6.01. The number of nitrogens with two attached hydrogens (primary N) is 1. The molecule has 10 nitrogen and oxygen atoms in total. The molecule has 11 heteroatoms. The van der Waals surface area contributed by atoms with Crippen LogP contribution in [0.1, 0.15) is 60.4 Å². The summed E-state index contributed by atoms with van der Waals surface area (Å²) in [4.78, 5) is 35.9.